The number of nitrogens with zero attached hydrogens (tertiary/aromatic N) is 2. The minimum Gasteiger partial charge on any atom is -0.241 e. The summed E-state index contributed by atoms with van der Waals surface area (Å²) in [6, 6.07) is 8.09. The van der Waals surface area contributed by atoms with Gasteiger partial charge in [-0.15, -0.1) is 0 Å². The number of benzene rings is 1. The zero-order valence-electron chi connectivity index (χ0n) is 7.32. The Labute approximate surface area is 99.2 Å². The number of hydrogen-bond acceptors (Lipinski definition) is 1. The molecule has 2 aromatic rings. The van der Waals surface area contributed by atoms with Gasteiger partial charge < -0.3 is 0 Å². The van der Waals surface area contributed by atoms with Crippen LogP contribution in [0.3, 0.4) is 0 Å². The molecule has 0 spiro atoms. The van der Waals surface area contributed by atoms with Crippen molar-refractivity contribution in [2.45, 2.75) is 5.33 Å². The van der Waals surface area contributed by atoms with Crippen LogP contribution in [-0.4, -0.2) is 9.78 Å². The quantitative estimate of drug-likeness (QED) is 0.775. The van der Waals surface area contributed by atoms with Crippen LogP contribution in [0.2, 0.25) is 0 Å². The van der Waals surface area contributed by atoms with Crippen LogP contribution in [0, 0.1) is 0 Å². The van der Waals surface area contributed by atoms with Crippen LogP contribution in [0.5, 0.6) is 0 Å². The van der Waals surface area contributed by atoms with Gasteiger partial charge in [-0.2, -0.15) is 5.10 Å². The minimum absolute atomic E-state index is 0.829. The van der Waals surface area contributed by atoms with Crippen molar-refractivity contribution in [3.8, 4) is 5.69 Å². The van der Waals surface area contributed by atoms with E-state index in [1.807, 2.05) is 23.0 Å². The van der Waals surface area contributed by atoms with E-state index in [0.717, 1.165) is 15.5 Å². The number of alkyl halides is 1. The van der Waals surface area contributed by atoms with E-state index in [2.05, 4.69) is 49.1 Å². The SMILES string of the molecule is BrCc1ccc(Br)cc1-n1cccn1. The molecule has 2 nitrogen and oxygen atoms in total. The molecule has 0 N–H and O–H groups in total. The Morgan fingerprint density at radius 2 is 2.21 bits per heavy atom. The van der Waals surface area contributed by atoms with Gasteiger partial charge >= 0.3 is 0 Å². The van der Waals surface area contributed by atoms with Crippen LogP contribution in [-0.2, 0) is 5.33 Å². The lowest BCUT2D eigenvalue weighted by Crippen LogP contribution is -1.98. The highest BCUT2D eigenvalue weighted by atomic mass is 79.9. The van der Waals surface area contributed by atoms with Crippen molar-refractivity contribution in [2.24, 2.45) is 0 Å². The molecule has 0 atom stereocenters. The fourth-order valence-corrected chi connectivity index (χ4v) is 2.10. The fraction of sp³-hybridized carbons (Fsp3) is 0.100. The first-order valence-electron chi connectivity index (χ1n) is 4.15. The molecular formula is C10H8Br2N2. The summed E-state index contributed by atoms with van der Waals surface area (Å²) in [6.45, 7) is 0. The van der Waals surface area contributed by atoms with Crippen molar-refractivity contribution in [1.82, 2.24) is 9.78 Å². The van der Waals surface area contributed by atoms with Crippen molar-refractivity contribution in [3.05, 3.63) is 46.7 Å². The summed E-state index contributed by atoms with van der Waals surface area (Å²) in [4.78, 5) is 0. The summed E-state index contributed by atoms with van der Waals surface area (Å²) in [7, 11) is 0. The van der Waals surface area contributed by atoms with Crippen LogP contribution in [0.1, 0.15) is 5.56 Å². The lowest BCUT2D eigenvalue weighted by Gasteiger charge is -2.07. The Balaban J connectivity index is 2.55. The minimum atomic E-state index is 0.829. The Morgan fingerprint density at radius 1 is 1.36 bits per heavy atom. The smallest absolute Gasteiger partial charge is 0.0697 e. The average molecular weight is 316 g/mol. The first kappa shape index (κ1) is 9.93. The monoisotopic (exact) mass is 314 g/mol. The van der Waals surface area contributed by atoms with Crippen molar-refractivity contribution in [2.75, 3.05) is 0 Å². The van der Waals surface area contributed by atoms with E-state index in [0.29, 0.717) is 0 Å². The molecule has 1 aromatic carbocycles. The molecule has 0 fully saturated rings. The molecule has 0 aliphatic heterocycles. The first-order valence-corrected chi connectivity index (χ1v) is 6.07. The average Bonchev–Trinajstić information content (AvgIpc) is 2.70. The molecule has 0 saturated carbocycles. The van der Waals surface area contributed by atoms with Crippen molar-refractivity contribution in [3.63, 3.8) is 0 Å². The Kier molecular flexibility index (Phi) is 3.03. The molecule has 0 aliphatic carbocycles. The maximum atomic E-state index is 4.21. The number of halogens is 2. The predicted octanol–water partition coefficient (Wildman–Crippen LogP) is 3.53. The molecule has 0 unspecified atom stereocenters. The molecule has 0 amide bonds. The molecule has 72 valence electrons. The van der Waals surface area contributed by atoms with Gasteiger partial charge in [0.1, 0.15) is 0 Å². The van der Waals surface area contributed by atoms with E-state index in [1.54, 1.807) is 6.20 Å². The third kappa shape index (κ3) is 1.91. The van der Waals surface area contributed by atoms with Crippen molar-refractivity contribution >= 4 is 31.9 Å². The van der Waals surface area contributed by atoms with Gasteiger partial charge in [0, 0.05) is 22.2 Å². The van der Waals surface area contributed by atoms with Gasteiger partial charge in [0.25, 0.3) is 0 Å². The normalized spacial score (nSPS) is 10.4. The topological polar surface area (TPSA) is 17.8 Å². The summed E-state index contributed by atoms with van der Waals surface area (Å²) < 4.78 is 2.93. The van der Waals surface area contributed by atoms with Gasteiger partial charge in [-0.3, -0.25) is 0 Å². The lowest BCUT2D eigenvalue weighted by atomic mass is 10.2. The molecule has 0 aliphatic rings. The Hall–Kier alpha value is -0.610. The second kappa shape index (κ2) is 4.28. The first-order chi connectivity index (χ1) is 6.81. The largest absolute Gasteiger partial charge is 0.241 e. The van der Waals surface area contributed by atoms with Crippen LogP contribution in [0.4, 0.5) is 0 Å². The van der Waals surface area contributed by atoms with Crippen LogP contribution >= 0.6 is 31.9 Å². The highest BCUT2D eigenvalue weighted by Gasteiger charge is 2.03. The van der Waals surface area contributed by atoms with Gasteiger partial charge in [-0.05, 0) is 23.8 Å². The molecule has 1 aromatic heterocycles. The second-order valence-electron chi connectivity index (χ2n) is 2.86. The third-order valence-electron chi connectivity index (χ3n) is 1.94. The van der Waals surface area contributed by atoms with E-state index in [9.17, 15) is 0 Å². The summed E-state index contributed by atoms with van der Waals surface area (Å²) in [5.74, 6) is 0. The Bertz CT molecular complexity index is 424. The van der Waals surface area contributed by atoms with Crippen LogP contribution < -0.4 is 0 Å². The van der Waals surface area contributed by atoms with Crippen LogP contribution in [0.25, 0.3) is 5.69 Å². The summed E-state index contributed by atoms with van der Waals surface area (Å²) in [5.41, 5.74) is 2.32. The number of hydrogen-bond donors (Lipinski definition) is 0. The molecule has 4 heteroatoms. The molecule has 2 rings (SSSR count). The van der Waals surface area contributed by atoms with E-state index >= 15 is 0 Å². The Morgan fingerprint density at radius 3 is 2.86 bits per heavy atom. The van der Waals surface area contributed by atoms with Crippen LogP contribution in [0.15, 0.2) is 41.1 Å². The summed E-state index contributed by atoms with van der Waals surface area (Å²) in [6.07, 6.45) is 3.72. The zero-order chi connectivity index (χ0) is 9.97. The van der Waals surface area contributed by atoms with Crippen molar-refractivity contribution in [1.29, 1.82) is 0 Å². The highest BCUT2D eigenvalue weighted by Crippen LogP contribution is 2.21. The number of aromatic nitrogens is 2. The van der Waals surface area contributed by atoms with Gasteiger partial charge in [-0.1, -0.05) is 37.9 Å². The van der Waals surface area contributed by atoms with Gasteiger partial charge in [-0.25, -0.2) is 4.68 Å². The highest BCUT2D eigenvalue weighted by molar-refractivity contribution is 9.10. The van der Waals surface area contributed by atoms with Gasteiger partial charge in [0.15, 0.2) is 0 Å². The number of rotatable bonds is 2. The standard InChI is InChI=1S/C10H8Br2N2/c11-7-8-2-3-9(12)6-10(8)14-5-1-4-13-14/h1-6H,7H2. The molecular weight excluding hydrogens is 308 g/mol. The zero-order valence-corrected chi connectivity index (χ0v) is 10.5. The fourth-order valence-electron chi connectivity index (χ4n) is 1.27. The predicted molar refractivity (Wildman–Crippen MR) is 63.9 cm³/mol. The molecule has 0 radical (unpaired) electrons. The van der Waals surface area contributed by atoms with Gasteiger partial charge in [0.2, 0.25) is 0 Å². The van der Waals surface area contributed by atoms with E-state index in [4.69, 9.17) is 0 Å². The third-order valence-corrected chi connectivity index (χ3v) is 3.04. The summed E-state index contributed by atoms with van der Waals surface area (Å²) >= 11 is 6.92. The molecule has 0 bridgehead atoms. The molecule has 14 heavy (non-hydrogen) atoms. The summed E-state index contributed by atoms with van der Waals surface area (Å²) in [5, 5.41) is 5.04. The molecule has 1 heterocycles. The maximum Gasteiger partial charge on any atom is 0.0697 e. The maximum absolute atomic E-state index is 4.21. The van der Waals surface area contributed by atoms with E-state index < -0.39 is 0 Å². The van der Waals surface area contributed by atoms with Gasteiger partial charge in [0.05, 0.1) is 5.69 Å². The molecule has 0 saturated heterocycles. The second-order valence-corrected chi connectivity index (χ2v) is 4.33. The van der Waals surface area contributed by atoms with Crippen molar-refractivity contribution < 1.29 is 0 Å². The van der Waals surface area contributed by atoms with E-state index in [1.165, 1.54) is 5.56 Å². The van der Waals surface area contributed by atoms with E-state index in [-0.39, 0.29) is 0 Å². The lowest BCUT2D eigenvalue weighted by molar-refractivity contribution is 0.871.